The van der Waals surface area contributed by atoms with Crippen molar-refractivity contribution in [1.82, 2.24) is 0 Å². The molecule has 5 heteroatoms. The van der Waals surface area contributed by atoms with Crippen LogP contribution in [0.2, 0.25) is 0 Å². The van der Waals surface area contributed by atoms with E-state index in [9.17, 15) is 19.8 Å². The molecule has 104 valence electrons. The highest BCUT2D eigenvalue weighted by Crippen LogP contribution is 2.39. The lowest BCUT2D eigenvalue weighted by Gasteiger charge is -2.30. The van der Waals surface area contributed by atoms with Gasteiger partial charge in [0, 0.05) is 16.5 Å². The Morgan fingerprint density at radius 2 is 2.00 bits per heavy atom. The van der Waals surface area contributed by atoms with Crippen LogP contribution in [0.4, 0.5) is 0 Å². The summed E-state index contributed by atoms with van der Waals surface area (Å²) in [6.45, 7) is 1.67. The van der Waals surface area contributed by atoms with Crippen molar-refractivity contribution in [3.05, 3.63) is 57.6 Å². The van der Waals surface area contributed by atoms with Crippen molar-refractivity contribution >= 4 is 27.9 Å². The van der Waals surface area contributed by atoms with E-state index >= 15 is 0 Å². The first-order chi connectivity index (χ1) is 9.36. The molecule has 1 aliphatic rings. The number of carbonyl (C=O) groups is 2. The lowest BCUT2D eigenvalue weighted by molar-refractivity contribution is -0.142. The smallest absolute Gasteiger partial charge is 0.331 e. The number of carboxylic acids is 2. The molecule has 1 aromatic carbocycles. The van der Waals surface area contributed by atoms with Crippen LogP contribution in [0, 0.1) is 0 Å². The Morgan fingerprint density at radius 1 is 1.30 bits per heavy atom. The van der Waals surface area contributed by atoms with Crippen molar-refractivity contribution < 1.29 is 19.8 Å². The fourth-order valence-corrected chi connectivity index (χ4v) is 2.72. The monoisotopic (exact) mass is 336 g/mol. The largest absolute Gasteiger partial charge is 0.480 e. The van der Waals surface area contributed by atoms with E-state index in [0.717, 1.165) is 4.47 Å². The first kappa shape index (κ1) is 14.5. The molecule has 0 bridgehead atoms. The topological polar surface area (TPSA) is 74.6 Å². The van der Waals surface area contributed by atoms with Crippen LogP contribution in [-0.2, 0) is 15.0 Å². The van der Waals surface area contributed by atoms with Crippen LogP contribution in [0.1, 0.15) is 18.9 Å². The van der Waals surface area contributed by atoms with Gasteiger partial charge in [0.05, 0.1) is 0 Å². The Bertz CT molecular complexity index is 645. The summed E-state index contributed by atoms with van der Waals surface area (Å²) in [6, 6.07) is 6.94. The van der Waals surface area contributed by atoms with Gasteiger partial charge in [0.15, 0.2) is 0 Å². The molecule has 0 saturated carbocycles. The zero-order valence-corrected chi connectivity index (χ0v) is 12.3. The molecular weight excluding hydrogens is 324 g/mol. The summed E-state index contributed by atoms with van der Waals surface area (Å²) in [7, 11) is 0. The van der Waals surface area contributed by atoms with E-state index in [1.807, 2.05) is 0 Å². The lowest BCUT2D eigenvalue weighted by atomic mass is 9.71. The molecule has 1 aliphatic carbocycles. The van der Waals surface area contributed by atoms with Crippen molar-refractivity contribution in [2.45, 2.75) is 18.8 Å². The quantitative estimate of drug-likeness (QED) is 0.889. The minimum Gasteiger partial charge on any atom is -0.480 e. The highest BCUT2D eigenvalue weighted by molar-refractivity contribution is 9.10. The average Bonchev–Trinajstić information content (AvgIpc) is 2.38. The number of rotatable bonds is 3. The van der Waals surface area contributed by atoms with E-state index in [1.165, 1.54) is 0 Å². The molecule has 0 aromatic heterocycles. The van der Waals surface area contributed by atoms with Crippen molar-refractivity contribution in [3.63, 3.8) is 0 Å². The molecule has 0 amide bonds. The third kappa shape index (κ3) is 2.41. The molecule has 1 aromatic rings. The fourth-order valence-electron chi connectivity index (χ4n) is 2.32. The molecule has 0 radical (unpaired) electrons. The molecule has 2 rings (SSSR count). The maximum Gasteiger partial charge on any atom is 0.331 e. The van der Waals surface area contributed by atoms with E-state index in [1.54, 1.807) is 43.3 Å². The SMILES string of the molecule is CC1=C(C(=O)O)CC(C(=O)O)(c2cccc(Br)c2)C=C1. The summed E-state index contributed by atoms with van der Waals surface area (Å²) in [5.41, 5.74) is -0.0575. The van der Waals surface area contributed by atoms with Crippen LogP contribution in [0.25, 0.3) is 0 Å². The number of aliphatic carboxylic acids is 2. The van der Waals surface area contributed by atoms with Crippen molar-refractivity contribution in [1.29, 1.82) is 0 Å². The van der Waals surface area contributed by atoms with E-state index in [0.29, 0.717) is 11.1 Å². The second kappa shape index (κ2) is 5.25. The van der Waals surface area contributed by atoms with E-state index in [-0.39, 0.29) is 12.0 Å². The lowest BCUT2D eigenvalue weighted by Crippen LogP contribution is -2.37. The van der Waals surface area contributed by atoms with Crippen LogP contribution >= 0.6 is 15.9 Å². The van der Waals surface area contributed by atoms with E-state index in [4.69, 9.17) is 0 Å². The van der Waals surface area contributed by atoms with Crippen molar-refractivity contribution in [3.8, 4) is 0 Å². The van der Waals surface area contributed by atoms with Gasteiger partial charge in [-0.1, -0.05) is 40.2 Å². The maximum absolute atomic E-state index is 11.8. The third-order valence-corrected chi connectivity index (χ3v) is 4.02. The Balaban J connectivity index is 2.58. The van der Waals surface area contributed by atoms with Gasteiger partial charge >= 0.3 is 11.9 Å². The Hall–Kier alpha value is -1.88. The summed E-state index contributed by atoms with van der Waals surface area (Å²) in [5.74, 6) is -2.13. The van der Waals surface area contributed by atoms with Gasteiger partial charge in [-0.3, -0.25) is 4.79 Å². The molecule has 2 N–H and O–H groups in total. The van der Waals surface area contributed by atoms with E-state index in [2.05, 4.69) is 15.9 Å². The van der Waals surface area contributed by atoms with Crippen molar-refractivity contribution in [2.24, 2.45) is 0 Å². The maximum atomic E-state index is 11.8. The van der Waals surface area contributed by atoms with Crippen LogP contribution in [0.5, 0.6) is 0 Å². The standard InChI is InChI=1S/C15H13BrO4/c1-9-5-6-15(14(19)20,8-12(9)13(17)18)10-3-2-4-11(16)7-10/h2-7H,8H2,1H3,(H,17,18)(H,19,20). The summed E-state index contributed by atoms with van der Waals surface area (Å²) in [6.07, 6.45) is 3.08. The van der Waals surface area contributed by atoms with Crippen LogP contribution in [-0.4, -0.2) is 22.2 Å². The second-order valence-electron chi connectivity index (χ2n) is 4.76. The number of halogens is 1. The molecule has 0 aliphatic heterocycles. The molecule has 1 atom stereocenters. The van der Waals surface area contributed by atoms with Gasteiger partial charge in [0.25, 0.3) is 0 Å². The Kier molecular flexibility index (Phi) is 3.81. The van der Waals surface area contributed by atoms with Crippen LogP contribution < -0.4 is 0 Å². The number of carboxylic acid groups (broad SMARTS) is 2. The zero-order valence-electron chi connectivity index (χ0n) is 10.8. The summed E-state index contributed by atoms with van der Waals surface area (Å²) >= 11 is 3.31. The van der Waals surface area contributed by atoms with Gasteiger partial charge in [-0.15, -0.1) is 0 Å². The molecule has 0 saturated heterocycles. The highest BCUT2D eigenvalue weighted by atomic mass is 79.9. The normalized spacial score (nSPS) is 21.9. The third-order valence-electron chi connectivity index (χ3n) is 3.53. The van der Waals surface area contributed by atoms with Gasteiger partial charge in [-0.25, -0.2) is 4.79 Å². The van der Waals surface area contributed by atoms with Gasteiger partial charge in [-0.05, 0) is 30.2 Å². The fraction of sp³-hybridized carbons (Fsp3) is 0.200. The second-order valence-corrected chi connectivity index (χ2v) is 5.68. The van der Waals surface area contributed by atoms with Gasteiger partial charge in [-0.2, -0.15) is 0 Å². The molecule has 0 heterocycles. The minimum absolute atomic E-state index is 0.0591. The first-order valence-electron chi connectivity index (χ1n) is 5.98. The predicted octanol–water partition coefficient (Wildman–Crippen LogP) is 3.13. The number of benzene rings is 1. The molecule has 20 heavy (non-hydrogen) atoms. The van der Waals surface area contributed by atoms with E-state index < -0.39 is 17.4 Å². The molecular formula is C15H13BrO4. The number of allylic oxidation sites excluding steroid dienone is 2. The minimum atomic E-state index is -1.34. The Morgan fingerprint density at radius 3 is 2.55 bits per heavy atom. The molecule has 4 nitrogen and oxygen atoms in total. The molecule has 0 spiro atoms. The average molecular weight is 337 g/mol. The van der Waals surface area contributed by atoms with Gasteiger partial charge in [0.1, 0.15) is 5.41 Å². The number of hydrogen-bond donors (Lipinski definition) is 2. The van der Waals surface area contributed by atoms with Gasteiger partial charge < -0.3 is 10.2 Å². The molecule has 1 unspecified atom stereocenters. The molecule has 0 fully saturated rings. The van der Waals surface area contributed by atoms with Crippen molar-refractivity contribution in [2.75, 3.05) is 0 Å². The number of hydrogen-bond acceptors (Lipinski definition) is 2. The summed E-state index contributed by atoms with van der Waals surface area (Å²) in [4.78, 5) is 23.1. The van der Waals surface area contributed by atoms with Crippen LogP contribution in [0.3, 0.4) is 0 Å². The van der Waals surface area contributed by atoms with Crippen LogP contribution in [0.15, 0.2) is 52.0 Å². The van der Waals surface area contributed by atoms with Gasteiger partial charge in [0.2, 0.25) is 0 Å². The predicted molar refractivity (Wildman–Crippen MR) is 77.5 cm³/mol. The summed E-state index contributed by atoms with van der Waals surface area (Å²) < 4.78 is 0.757. The summed E-state index contributed by atoms with van der Waals surface area (Å²) in [5, 5.41) is 18.9. The zero-order chi connectivity index (χ0) is 14.9. The Labute approximate surface area is 124 Å². The highest BCUT2D eigenvalue weighted by Gasteiger charge is 2.42. The first-order valence-corrected chi connectivity index (χ1v) is 6.78.